The summed E-state index contributed by atoms with van der Waals surface area (Å²) >= 11 is 0. The molecule has 0 aliphatic carbocycles. The zero-order chi connectivity index (χ0) is 19.4. The van der Waals surface area contributed by atoms with Gasteiger partial charge in [-0.2, -0.15) is 0 Å². The second-order valence-corrected chi connectivity index (χ2v) is 7.89. The van der Waals surface area contributed by atoms with E-state index in [9.17, 15) is 24.5 Å². The van der Waals surface area contributed by atoms with Crippen molar-refractivity contribution in [2.45, 2.75) is 58.4 Å². The number of nitrogens with one attached hydrogen (secondary N) is 1. The lowest BCUT2D eigenvalue weighted by atomic mass is 10.2. The van der Waals surface area contributed by atoms with E-state index in [4.69, 9.17) is 9.47 Å². The van der Waals surface area contributed by atoms with Gasteiger partial charge in [0.2, 0.25) is 0 Å². The lowest BCUT2D eigenvalue weighted by molar-refractivity contribution is -0.384. The second kappa shape index (κ2) is 8.25. The van der Waals surface area contributed by atoms with E-state index >= 15 is 0 Å². The fourth-order valence-corrected chi connectivity index (χ4v) is 3.55. The Morgan fingerprint density at radius 3 is 2.16 bits per heavy atom. The summed E-state index contributed by atoms with van der Waals surface area (Å²) in [5, 5.41) is 13.8. The molecule has 0 saturated carbocycles. The number of nitro groups is 1. The Bertz CT molecular complexity index is 647. The van der Waals surface area contributed by atoms with Crippen LogP contribution in [0.15, 0.2) is 24.3 Å². The third-order valence-electron chi connectivity index (χ3n) is 3.29. The van der Waals surface area contributed by atoms with Crippen LogP contribution in [0.3, 0.4) is 0 Å². The van der Waals surface area contributed by atoms with Crippen LogP contribution in [0.4, 0.5) is 11.4 Å². The van der Waals surface area contributed by atoms with Gasteiger partial charge in [-0.1, -0.05) is 12.1 Å². The number of hydrogen-bond donors (Lipinski definition) is 3. The smallest absolute Gasteiger partial charge is 0.370 e. The van der Waals surface area contributed by atoms with Gasteiger partial charge < -0.3 is 24.6 Å². The van der Waals surface area contributed by atoms with Gasteiger partial charge >= 0.3 is 7.60 Å². The fourth-order valence-electron chi connectivity index (χ4n) is 2.40. The first-order valence-electron chi connectivity index (χ1n) is 7.81. The maximum atomic E-state index is 12.4. The van der Waals surface area contributed by atoms with Gasteiger partial charge in [-0.3, -0.25) is 14.7 Å². The van der Waals surface area contributed by atoms with Crippen molar-refractivity contribution in [3.8, 4) is 0 Å². The average molecular weight is 376 g/mol. The van der Waals surface area contributed by atoms with Gasteiger partial charge in [0, 0.05) is 6.07 Å². The number of anilines is 1. The van der Waals surface area contributed by atoms with E-state index < -0.39 is 30.2 Å². The normalized spacial score (nSPS) is 15.9. The van der Waals surface area contributed by atoms with Crippen LogP contribution in [-0.2, 0) is 14.0 Å². The molecule has 0 fully saturated rings. The van der Waals surface area contributed by atoms with Crippen LogP contribution in [0.1, 0.15) is 34.6 Å². The molecule has 0 aliphatic heterocycles. The van der Waals surface area contributed by atoms with Crippen LogP contribution >= 0.6 is 7.60 Å². The first-order valence-corrected chi connectivity index (χ1v) is 9.42. The second-order valence-electron chi connectivity index (χ2n) is 6.13. The van der Waals surface area contributed by atoms with Crippen LogP contribution in [0.2, 0.25) is 0 Å². The van der Waals surface area contributed by atoms with Crippen LogP contribution in [0, 0.1) is 10.1 Å². The Balaban J connectivity index is 3.49. The van der Waals surface area contributed by atoms with Gasteiger partial charge in [0.15, 0.2) is 0 Å². The maximum Gasteiger partial charge on any atom is 0.380 e. The molecule has 25 heavy (non-hydrogen) atoms. The predicted molar refractivity (Wildman–Crippen MR) is 93.4 cm³/mol. The van der Waals surface area contributed by atoms with Crippen molar-refractivity contribution in [3.63, 3.8) is 0 Å². The third-order valence-corrected chi connectivity index (χ3v) is 4.74. The number of hydrogen-bond acceptors (Lipinski definition) is 6. The molecule has 0 aliphatic rings. The molecule has 3 N–H and O–H groups in total. The molecule has 0 radical (unpaired) electrons. The summed E-state index contributed by atoms with van der Waals surface area (Å²) in [6.07, 6.45) is -2.03. The largest absolute Gasteiger partial charge is 0.380 e. The number of ether oxygens (including phenoxy) is 2. The molecule has 1 rings (SSSR count). The quantitative estimate of drug-likeness (QED) is 0.259. The van der Waals surface area contributed by atoms with E-state index in [-0.39, 0.29) is 17.5 Å². The third kappa shape index (κ3) is 5.23. The number of benzene rings is 1. The topological polar surface area (TPSA) is 131 Å². The zero-order valence-corrected chi connectivity index (χ0v) is 15.8. The molecule has 1 aromatic carbocycles. The summed E-state index contributed by atoms with van der Waals surface area (Å²) in [5.74, 6) is 0. The van der Waals surface area contributed by atoms with Gasteiger partial charge in [-0.05, 0) is 40.7 Å². The highest BCUT2D eigenvalue weighted by atomic mass is 31.2. The lowest BCUT2D eigenvalue weighted by Crippen LogP contribution is -2.53. The first kappa shape index (κ1) is 21.5. The maximum absolute atomic E-state index is 12.4. The highest BCUT2D eigenvalue weighted by Crippen LogP contribution is 2.55. The van der Waals surface area contributed by atoms with Crippen molar-refractivity contribution in [1.82, 2.24) is 0 Å². The standard InChI is InChI=1S/C15H25N2O7P/c1-10(2)23-12(5)15(24-11(3)4,25(20,21)22)16-13-8-6-7-9-14(13)17(18)19/h6-12,16H,1-5H3,(H2,20,21,22). The minimum absolute atomic E-state index is 0.0734. The van der Waals surface area contributed by atoms with Crippen molar-refractivity contribution in [2.24, 2.45) is 0 Å². The molecule has 10 heteroatoms. The first-order chi connectivity index (χ1) is 11.4. The molecule has 0 saturated heterocycles. The molecule has 142 valence electrons. The summed E-state index contributed by atoms with van der Waals surface area (Å²) in [7, 11) is -4.97. The van der Waals surface area contributed by atoms with Crippen molar-refractivity contribution in [3.05, 3.63) is 34.4 Å². The van der Waals surface area contributed by atoms with Crippen molar-refractivity contribution >= 4 is 19.0 Å². The van der Waals surface area contributed by atoms with Crippen LogP contribution < -0.4 is 5.32 Å². The van der Waals surface area contributed by atoms with E-state index in [2.05, 4.69) is 5.32 Å². The Morgan fingerprint density at radius 1 is 1.16 bits per heavy atom. The number of nitro benzene ring substituents is 1. The predicted octanol–water partition coefficient (Wildman–Crippen LogP) is 3.08. The average Bonchev–Trinajstić information content (AvgIpc) is 2.44. The zero-order valence-electron chi connectivity index (χ0n) is 14.9. The molecule has 0 amide bonds. The molecule has 1 aromatic rings. The molecule has 9 nitrogen and oxygen atoms in total. The van der Waals surface area contributed by atoms with E-state index in [0.29, 0.717) is 0 Å². The Hall–Kier alpha value is -1.51. The van der Waals surface area contributed by atoms with Crippen LogP contribution in [-0.4, -0.2) is 38.5 Å². The van der Waals surface area contributed by atoms with Crippen molar-refractivity contribution < 1.29 is 28.7 Å². The molecular weight excluding hydrogens is 351 g/mol. The molecule has 0 heterocycles. The van der Waals surface area contributed by atoms with Gasteiger partial charge in [0.1, 0.15) is 11.8 Å². The highest BCUT2D eigenvalue weighted by Gasteiger charge is 2.55. The van der Waals surface area contributed by atoms with E-state index in [1.165, 1.54) is 31.2 Å². The Labute approximate surface area is 146 Å². The summed E-state index contributed by atoms with van der Waals surface area (Å²) in [6.45, 7) is 8.08. The van der Waals surface area contributed by atoms with Gasteiger partial charge in [-0.25, -0.2) is 0 Å². The molecule has 0 bridgehead atoms. The van der Waals surface area contributed by atoms with Crippen LogP contribution in [0.5, 0.6) is 0 Å². The Morgan fingerprint density at radius 2 is 1.72 bits per heavy atom. The fraction of sp³-hybridized carbons (Fsp3) is 0.600. The molecule has 2 unspecified atom stereocenters. The number of nitrogens with zero attached hydrogens (tertiary/aromatic N) is 1. The SMILES string of the molecule is CC(C)OC(C)C(Nc1ccccc1[N+](=O)[O-])(OC(C)C)P(=O)(O)O. The van der Waals surface area contributed by atoms with Gasteiger partial charge in [0.25, 0.3) is 11.2 Å². The van der Waals surface area contributed by atoms with E-state index in [0.717, 1.165) is 0 Å². The summed E-state index contributed by atoms with van der Waals surface area (Å²) < 4.78 is 23.5. The van der Waals surface area contributed by atoms with E-state index in [1.54, 1.807) is 27.7 Å². The minimum Gasteiger partial charge on any atom is -0.370 e. The van der Waals surface area contributed by atoms with Crippen LogP contribution in [0.25, 0.3) is 0 Å². The van der Waals surface area contributed by atoms with Gasteiger partial charge in [-0.15, -0.1) is 0 Å². The van der Waals surface area contributed by atoms with E-state index in [1.807, 2.05) is 0 Å². The number of rotatable bonds is 9. The molecule has 2 atom stereocenters. The van der Waals surface area contributed by atoms with Crippen molar-refractivity contribution in [2.75, 3.05) is 5.32 Å². The highest BCUT2D eigenvalue weighted by molar-refractivity contribution is 7.53. The summed E-state index contributed by atoms with van der Waals surface area (Å²) in [5.41, 5.74) is -2.68. The van der Waals surface area contributed by atoms with Gasteiger partial charge in [0.05, 0.1) is 17.1 Å². The molecule has 0 aromatic heterocycles. The summed E-state index contributed by atoms with van der Waals surface area (Å²) in [6, 6.07) is 5.56. The minimum atomic E-state index is -4.97. The number of para-hydroxylation sites is 2. The summed E-state index contributed by atoms with van der Waals surface area (Å²) in [4.78, 5) is 30.6. The van der Waals surface area contributed by atoms with Crippen molar-refractivity contribution in [1.29, 1.82) is 0 Å². The molecular formula is C15H25N2O7P. The monoisotopic (exact) mass is 376 g/mol. The Kier molecular flexibility index (Phi) is 7.10. The lowest BCUT2D eigenvalue weighted by Gasteiger charge is -2.41. The molecule has 0 spiro atoms.